The first kappa shape index (κ1) is 14.6. The monoisotopic (exact) mass is 293 g/mol. The first-order valence-corrected chi connectivity index (χ1v) is 7.40. The maximum Gasteiger partial charge on any atom is 0.126 e. The Balaban J connectivity index is 1.96. The lowest BCUT2D eigenvalue weighted by molar-refractivity contribution is -0.106. The topological polar surface area (TPSA) is 51.2 Å². The Morgan fingerprint density at radius 1 is 1.29 bits per heavy atom. The third kappa shape index (κ3) is 2.61. The highest BCUT2D eigenvalue weighted by atomic mass is 16.5. The van der Waals surface area contributed by atoms with E-state index >= 15 is 0 Å². The molecule has 1 N–H and O–H groups in total. The Morgan fingerprint density at radius 2 is 2.00 bits per heavy atom. The average molecular weight is 293 g/mol. The molecule has 2 unspecified atom stereocenters. The van der Waals surface area contributed by atoms with Gasteiger partial charge in [0, 0.05) is 18.7 Å². The number of methoxy groups -OCH3 is 1. The molecule has 2 atom stereocenters. The van der Waals surface area contributed by atoms with E-state index in [1.54, 1.807) is 7.11 Å². The molecule has 0 aliphatic carbocycles. The molecular formula is C16H23NO4. The van der Waals surface area contributed by atoms with Crippen molar-refractivity contribution in [1.82, 2.24) is 4.90 Å². The lowest BCUT2D eigenvalue weighted by Gasteiger charge is -2.49. The molecule has 1 fully saturated rings. The van der Waals surface area contributed by atoms with Crippen LogP contribution in [0.15, 0.2) is 18.2 Å². The van der Waals surface area contributed by atoms with Crippen molar-refractivity contribution in [3.63, 3.8) is 0 Å². The lowest BCUT2D eigenvalue weighted by Crippen LogP contribution is -2.60. The van der Waals surface area contributed by atoms with E-state index in [0.29, 0.717) is 13.2 Å². The molecule has 2 aliphatic rings. The number of fused-ring (bicyclic) bond motifs is 1. The zero-order chi connectivity index (χ0) is 15.0. The van der Waals surface area contributed by atoms with Crippen molar-refractivity contribution < 1.29 is 19.3 Å². The van der Waals surface area contributed by atoms with E-state index in [9.17, 15) is 5.11 Å². The number of hydrogen-bond acceptors (Lipinski definition) is 5. The van der Waals surface area contributed by atoms with E-state index in [-0.39, 0.29) is 6.04 Å². The number of benzene rings is 1. The van der Waals surface area contributed by atoms with Gasteiger partial charge in [-0.1, -0.05) is 0 Å². The summed E-state index contributed by atoms with van der Waals surface area (Å²) in [4.78, 5) is 2.26. The summed E-state index contributed by atoms with van der Waals surface area (Å²) in [5, 5.41) is 10.9. The molecule has 5 heteroatoms. The molecule has 5 nitrogen and oxygen atoms in total. The smallest absolute Gasteiger partial charge is 0.126 e. The largest absolute Gasteiger partial charge is 0.497 e. The normalized spacial score (nSPS) is 28.6. The van der Waals surface area contributed by atoms with Gasteiger partial charge in [0.05, 0.1) is 26.4 Å². The highest BCUT2D eigenvalue weighted by molar-refractivity contribution is 5.44. The highest BCUT2D eigenvalue weighted by Crippen LogP contribution is 2.43. The van der Waals surface area contributed by atoms with Crippen LogP contribution >= 0.6 is 0 Å². The van der Waals surface area contributed by atoms with E-state index in [1.807, 2.05) is 32.0 Å². The highest BCUT2D eigenvalue weighted by Gasteiger charge is 2.46. The first-order valence-electron chi connectivity index (χ1n) is 7.40. The Bertz CT molecular complexity index is 511. The number of nitrogens with zero attached hydrogens (tertiary/aromatic N) is 1. The van der Waals surface area contributed by atoms with Crippen LogP contribution in [0.4, 0.5) is 0 Å². The van der Waals surface area contributed by atoms with E-state index < -0.39 is 11.7 Å². The first-order chi connectivity index (χ1) is 10.0. The Morgan fingerprint density at radius 3 is 2.67 bits per heavy atom. The molecule has 0 radical (unpaired) electrons. The van der Waals surface area contributed by atoms with Crippen LogP contribution in [0, 0.1) is 0 Å². The lowest BCUT2D eigenvalue weighted by atomic mass is 9.84. The fraction of sp³-hybridized carbons (Fsp3) is 0.625. The molecule has 116 valence electrons. The fourth-order valence-electron chi connectivity index (χ4n) is 3.37. The molecule has 1 saturated heterocycles. The molecule has 0 saturated carbocycles. The molecule has 3 rings (SSSR count). The molecule has 21 heavy (non-hydrogen) atoms. The third-order valence-electron chi connectivity index (χ3n) is 4.36. The van der Waals surface area contributed by atoms with Crippen LogP contribution in [0.2, 0.25) is 0 Å². The van der Waals surface area contributed by atoms with Crippen molar-refractivity contribution in [2.45, 2.75) is 31.6 Å². The molecule has 0 spiro atoms. The molecule has 0 aromatic heterocycles. The summed E-state index contributed by atoms with van der Waals surface area (Å²) in [5.41, 5.74) is 0.336. The van der Waals surface area contributed by atoms with Crippen molar-refractivity contribution in [2.24, 2.45) is 0 Å². The van der Waals surface area contributed by atoms with Gasteiger partial charge >= 0.3 is 0 Å². The maximum atomic E-state index is 10.9. The van der Waals surface area contributed by atoms with Gasteiger partial charge in [-0.05, 0) is 32.0 Å². The number of morpholine rings is 1. The molecular weight excluding hydrogens is 270 g/mol. The van der Waals surface area contributed by atoms with Gasteiger partial charge in [0.25, 0.3) is 0 Å². The second kappa shape index (κ2) is 5.48. The van der Waals surface area contributed by atoms with Gasteiger partial charge in [0.1, 0.15) is 23.2 Å². The number of aliphatic hydroxyl groups is 1. The molecule has 1 aromatic carbocycles. The van der Waals surface area contributed by atoms with Gasteiger partial charge in [0.15, 0.2) is 0 Å². The van der Waals surface area contributed by atoms with Crippen molar-refractivity contribution in [3.05, 3.63) is 23.8 Å². The van der Waals surface area contributed by atoms with E-state index in [2.05, 4.69) is 4.90 Å². The maximum absolute atomic E-state index is 10.9. The fourth-order valence-corrected chi connectivity index (χ4v) is 3.37. The van der Waals surface area contributed by atoms with Crippen LogP contribution < -0.4 is 9.47 Å². The minimum Gasteiger partial charge on any atom is -0.497 e. The van der Waals surface area contributed by atoms with E-state index in [4.69, 9.17) is 14.2 Å². The number of hydrogen-bond donors (Lipinski definition) is 1. The second-order valence-electron chi connectivity index (χ2n) is 6.15. The summed E-state index contributed by atoms with van der Waals surface area (Å²) in [7, 11) is 1.63. The number of aliphatic hydroxyl groups excluding tert-OH is 1. The van der Waals surface area contributed by atoms with E-state index in [1.165, 1.54) is 0 Å². The van der Waals surface area contributed by atoms with Crippen LogP contribution in [-0.2, 0) is 4.74 Å². The predicted molar refractivity (Wildman–Crippen MR) is 78.8 cm³/mol. The SMILES string of the molecule is COc1ccc2c(c1)C(O)C(N1CCOCC1)C(C)(C)O2. The summed E-state index contributed by atoms with van der Waals surface area (Å²) >= 11 is 0. The van der Waals surface area contributed by atoms with Crippen LogP contribution in [-0.4, -0.2) is 55.1 Å². The standard InChI is InChI=1S/C16H23NO4/c1-16(2)15(17-6-8-20-9-7-17)14(18)12-10-11(19-3)4-5-13(12)21-16/h4-5,10,14-15,18H,6-9H2,1-3H3. The Hall–Kier alpha value is -1.30. The summed E-state index contributed by atoms with van der Waals surface area (Å²) in [6, 6.07) is 5.50. The summed E-state index contributed by atoms with van der Waals surface area (Å²) in [6.45, 7) is 7.09. The minimum absolute atomic E-state index is 0.0963. The Labute approximate surface area is 125 Å². The third-order valence-corrected chi connectivity index (χ3v) is 4.36. The van der Waals surface area contributed by atoms with Crippen molar-refractivity contribution in [2.75, 3.05) is 33.4 Å². The molecule has 0 bridgehead atoms. The predicted octanol–water partition coefficient (Wildman–Crippen LogP) is 1.60. The van der Waals surface area contributed by atoms with Crippen LogP contribution in [0.1, 0.15) is 25.5 Å². The molecule has 2 heterocycles. The van der Waals surface area contributed by atoms with Crippen LogP contribution in [0.3, 0.4) is 0 Å². The van der Waals surface area contributed by atoms with Gasteiger partial charge < -0.3 is 19.3 Å². The summed E-state index contributed by atoms with van der Waals surface area (Å²) in [5.74, 6) is 1.47. The van der Waals surface area contributed by atoms with Gasteiger partial charge in [0.2, 0.25) is 0 Å². The quantitative estimate of drug-likeness (QED) is 0.897. The Kier molecular flexibility index (Phi) is 3.82. The van der Waals surface area contributed by atoms with Crippen molar-refractivity contribution in [3.8, 4) is 11.5 Å². The summed E-state index contributed by atoms with van der Waals surface area (Å²) in [6.07, 6.45) is -0.600. The van der Waals surface area contributed by atoms with Crippen molar-refractivity contribution >= 4 is 0 Å². The van der Waals surface area contributed by atoms with Crippen molar-refractivity contribution in [1.29, 1.82) is 0 Å². The van der Waals surface area contributed by atoms with Gasteiger partial charge in [-0.3, -0.25) is 4.90 Å². The minimum atomic E-state index is -0.600. The van der Waals surface area contributed by atoms with Gasteiger partial charge in [-0.25, -0.2) is 0 Å². The second-order valence-corrected chi connectivity index (χ2v) is 6.15. The van der Waals surface area contributed by atoms with E-state index in [0.717, 1.165) is 30.2 Å². The number of rotatable bonds is 2. The van der Waals surface area contributed by atoms with Gasteiger partial charge in [-0.15, -0.1) is 0 Å². The van der Waals surface area contributed by atoms with Crippen LogP contribution in [0.25, 0.3) is 0 Å². The molecule has 0 amide bonds. The average Bonchev–Trinajstić information content (AvgIpc) is 2.47. The zero-order valence-corrected chi connectivity index (χ0v) is 12.8. The summed E-state index contributed by atoms with van der Waals surface area (Å²) < 4.78 is 16.8. The molecule has 2 aliphatic heterocycles. The number of ether oxygens (including phenoxy) is 3. The van der Waals surface area contributed by atoms with Crippen LogP contribution in [0.5, 0.6) is 11.5 Å². The van der Waals surface area contributed by atoms with Gasteiger partial charge in [-0.2, -0.15) is 0 Å². The zero-order valence-electron chi connectivity index (χ0n) is 12.8. The molecule has 1 aromatic rings.